The number of carbonyl (C=O) groups is 1. The molecule has 0 radical (unpaired) electrons. The predicted molar refractivity (Wildman–Crippen MR) is 93.5 cm³/mol. The Morgan fingerprint density at radius 1 is 1.00 bits per heavy atom. The third kappa shape index (κ3) is 3.71. The van der Waals surface area contributed by atoms with Crippen LogP contribution in [0.4, 0.5) is 0 Å². The van der Waals surface area contributed by atoms with Gasteiger partial charge >= 0.3 is 0 Å². The predicted octanol–water partition coefficient (Wildman–Crippen LogP) is 3.73. The summed E-state index contributed by atoms with van der Waals surface area (Å²) < 4.78 is 22.5. The van der Waals surface area contributed by atoms with Crippen LogP contribution in [0.2, 0.25) is 0 Å². The normalized spacial score (nSPS) is 12.9. The molecule has 3 nitrogen and oxygen atoms in total. The van der Waals surface area contributed by atoms with Crippen molar-refractivity contribution in [3.8, 4) is 11.1 Å². The summed E-state index contributed by atoms with van der Waals surface area (Å²) in [5, 5.41) is 0. The van der Waals surface area contributed by atoms with Crippen LogP contribution in [0.3, 0.4) is 0 Å². The highest BCUT2D eigenvalue weighted by Crippen LogP contribution is 2.22. The Bertz CT molecular complexity index is 722. The molecular weight excluding hydrogens is 399 g/mol. The maximum Gasteiger partial charge on any atom is 0.190 e. The van der Waals surface area contributed by atoms with Crippen LogP contribution in [0, 0.1) is 0 Å². The zero-order valence-electron chi connectivity index (χ0n) is 11.5. The number of Topliss-reactive ketones (excluding diaryl/α,β-unsaturated/α-hetero) is 1. The van der Waals surface area contributed by atoms with Gasteiger partial charge in [0, 0.05) is 11.3 Å². The second-order valence-electron chi connectivity index (χ2n) is 4.58. The van der Waals surface area contributed by atoms with E-state index < -0.39 is 13.1 Å². The molecule has 0 N–H and O–H groups in total. The first-order valence-electron chi connectivity index (χ1n) is 6.51. The number of hydrogen-bond acceptors (Lipinski definition) is 3. The van der Waals surface area contributed by atoms with E-state index in [-0.39, 0.29) is 11.5 Å². The zero-order valence-corrected chi connectivity index (χ0v) is 14.5. The molecule has 0 unspecified atom stereocenters. The van der Waals surface area contributed by atoms with E-state index in [0.717, 1.165) is 11.1 Å². The summed E-state index contributed by atoms with van der Waals surface area (Å²) in [6.07, 6.45) is 0. The molecule has 5 heteroatoms. The van der Waals surface area contributed by atoms with Crippen molar-refractivity contribution < 1.29 is 13.2 Å². The number of alkyl halides is 1. The van der Waals surface area contributed by atoms with Gasteiger partial charge in [-0.1, -0.05) is 84.1 Å². The van der Waals surface area contributed by atoms with Gasteiger partial charge in [0.1, 0.15) is 0 Å². The second-order valence-corrected chi connectivity index (χ2v) is 9.04. The lowest BCUT2D eigenvalue weighted by Crippen LogP contribution is -2.25. The molecule has 0 bridgehead atoms. The molecule has 0 heterocycles. The van der Waals surface area contributed by atoms with E-state index in [2.05, 4.69) is 0 Å². The fourth-order valence-electron chi connectivity index (χ4n) is 1.90. The van der Waals surface area contributed by atoms with Gasteiger partial charge in [-0.25, -0.2) is 8.42 Å². The van der Waals surface area contributed by atoms with Crippen molar-refractivity contribution >= 4 is 38.2 Å². The molecule has 0 fully saturated rings. The third-order valence-electron chi connectivity index (χ3n) is 3.20. The van der Waals surface area contributed by atoms with Crippen molar-refractivity contribution in [2.75, 3.05) is 5.75 Å². The van der Waals surface area contributed by atoms with E-state index in [9.17, 15) is 13.2 Å². The van der Waals surface area contributed by atoms with Crippen LogP contribution < -0.4 is 0 Å². The van der Waals surface area contributed by atoms with Crippen molar-refractivity contribution in [3.05, 3.63) is 60.2 Å². The lowest BCUT2D eigenvalue weighted by atomic mass is 10.0. The van der Waals surface area contributed by atoms with Crippen molar-refractivity contribution in [3.63, 3.8) is 0 Å². The molecule has 0 aliphatic heterocycles. The Balaban J connectivity index is 2.26. The van der Waals surface area contributed by atoms with E-state index in [1.807, 2.05) is 42.5 Å². The number of rotatable bonds is 5. The molecular formula is C16H15IO3S. The molecule has 1 atom stereocenters. The van der Waals surface area contributed by atoms with Gasteiger partial charge < -0.3 is 0 Å². The maximum atomic E-state index is 12.2. The number of carbonyl (C=O) groups excluding carboxylic acids is 1. The van der Waals surface area contributed by atoms with E-state index >= 15 is 0 Å². The Hall–Kier alpha value is -1.21. The molecule has 0 amide bonds. The Morgan fingerprint density at radius 2 is 1.52 bits per heavy atom. The minimum Gasteiger partial charge on any atom is -0.292 e. The number of ketones is 1. The summed E-state index contributed by atoms with van der Waals surface area (Å²) in [5.74, 6) is -0.397. The second kappa shape index (κ2) is 6.70. The molecule has 2 aromatic carbocycles. The van der Waals surface area contributed by atoms with Crippen molar-refractivity contribution in [2.45, 2.75) is 10.2 Å². The minimum absolute atomic E-state index is 0.0333. The van der Waals surface area contributed by atoms with E-state index in [1.165, 1.54) is 0 Å². The smallest absolute Gasteiger partial charge is 0.190 e. The highest BCUT2D eigenvalue weighted by molar-refractivity contribution is 14.1. The van der Waals surface area contributed by atoms with Gasteiger partial charge in [0.05, 0.1) is 0 Å². The van der Waals surface area contributed by atoms with Crippen LogP contribution in [-0.4, -0.2) is 23.2 Å². The molecule has 0 aliphatic rings. The Morgan fingerprint density at radius 3 is 2.05 bits per heavy atom. The van der Waals surface area contributed by atoms with Crippen LogP contribution in [-0.2, 0) is 9.84 Å². The largest absolute Gasteiger partial charge is 0.292 e. The quantitative estimate of drug-likeness (QED) is 0.426. The van der Waals surface area contributed by atoms with Gasteiger partial charge in [-0.05, 0) is 11.1 Å². The monoisotopic (exact) mass is 414 g/mol. The first-order chi connectivity index (χ1) is 9.95. The fraction of sp³-hybridized carbons (Fsp3) is 0.188. The molecule has 0 saturated carbocycles. The van der Waals surface area contributed by atoms with Crippen LogP contribution >= 0.6 is 22.6 Å². The van der Waals surface area contributed by atoms with Gasteiger partial charge in [-0.2, -0.15) is 0 Å². The Labute approximate surface area is 138 Å². The molecule has 110 valence electrons. The lowest BCUT2D eigenvalue weighted by molar-refractivity contribution is 0.101. The maximum absolute atomic E-state index is 12.2. The molecule has 0 spiro atoms. The average molecular weight is 414 g/mol. The summed E-state index contributed by atoms with van der Waals surface area (Å²) >= 11 is 1.70. The number of halogens is 1. The zero-order chi connectivity index (χ0) is 15.5. The average Bonchev–Trinajstić information content (AvgIpc) is 2.54. The number of sulfone groups is 1. The Kier molecular flexibility index (Phi) is 5.16. The van der Waals surface area contributed by atoms with Crippen molar-refractivity contribution in [2.24, 2.45) is 0 Å². The van der Waals surface area contributed by atoms with Crippen molar-refractivity contribution in [1.82, 2.24) is 0 Å². The number of hydrogen-bond donors (Lipinski definition) is 0. The summed E-state index contributed by atoms with van der Waals surface area (Å²) in [7, 11) is -3.37. The summed E-state index contributed by atoms with van der Waals surface area (Å²) in [5.41, 5.74) is 2.48. The van der Waals surface area contributed by atoms with Gasteiger partial charge in [-0.15, -0.1) is 0 Å². The first kappa shape index (κ1) is 16.2. The highest BCUT2D eigenvalue weighted by Gasteiger charge is 2.28. The van der Waals surface area contributed by atoms with Crippen LogP contribution in [0.1, 0.15) is 17.3 Å². The fourth-order valence-corrected chi connectivity index (χ4v) is 4.09. The van der Waals surface area contributed by atoms with Crippen LogP contribution in [0.25, 0.3) is 11.1 Å². The molecule has 21 heavy (non-hydrogen) atoms. The van der Waals surface area contributed by atoms with Crippen molar-refractivity contribution in [1.29, 1.82) is 0 Å². The lowest BCUT2D eigenvalue weighted by Gasteiger charge is -2.09. The summed E-state index contributed by atoms with van der Waals surface area (Å²) in [4.78, 5) is 12.2. The number of benzene rings is 2. The SMILES string of the molecule is CCS(=O)(=O)[C@@H](I)C(=O)c1ccc(-c2ccccc2)cc1. The first-order valence-corrected chi connectivity index (χ1v) is 9.47. The van der Waals surface area contributed by atoms with E-state index in [0.29, 0.717) is 5.56 Å². The highest BCUT2D eigenvalue weighted by atomic mass is 127. The molecule has 2 rings (SSSR count). The molecule has 0 saturated heterocycles. The van der Waals surface area contributed by atoms with Crippen LogP contribution in [0.15, 0.2) is 54.6 Å². The third-order valence-corrected chi connectivity index (χ3v) is 7.74. The topological polar surface area (TPSA) is 51.2 Å². The molecule has 0 aliphatic carbocycles. The van der Waals surface area contributed by atoms with Gasteiger partial charge in [0.15, 0.2) is 18.9 Å². The van der Waals surface area contributed by atoms with E-state index in [1.54, 1.807) is 41.6 Å². The van der Waals surface area contributed by atoms with Gasteiger partial charge in [0.25, 0.3) is 0 Å². The standard InChI is InChI=1S/C16H15IO3S/c1-2-21(19,20)16(17)15(18)14-10-8-13(9-11-14)12-6-4-3-5-7-12/h3-11,16H,2H2,1H3/t16-/m1/s1. The molecule has 0 aromatic heterocycles. The van der Waals surface area contributed by atoms with Gasteiger partial charge in [0.2, 0.25) is 0 Å². The van der Waals surface area contributed by atoms with Gasteiger partial charge in [-0.3, -0.25) is 4.79 Å². The minimum atomic E-state index is -3.37. The van der Waals surface area contributed by atoms with Crippen LogP contribution in [0.5, 0.6) is 0 Å². The molecule has 2 aromatic rings. The van der Waals surface area contributed by atoms with E-state index in [4.69, 9.17) is 0 Å². The summed E-state index contributed by atoms with van der Waals surface area (Å²) in [6.45, 7) is 1.55. The summed E-state index contributed by atoms with van der Waals surface area (Å²) in [6, 6.07) is 16.8.